The molecule has 1 aliphatic rings. The van der Waals surface area contributed by atoms with Crippen LogP contribution in [0.3, 0.4) is 0 Å². The number of hydrogen-bond acceptors (Lipinski definition) is 3. The number of aromatic nitrogens is 1. The minimum Gasteiger partial charge on any atom is -0.476 e. The van der Waals surface area contributed by atoms with Crippen LogP contribution >= 0.6 is 0 Å². The molecule has 4 nitrogen and oxygen atoms in total. The molecule has 0 aliphatic heterocycles. The van der Waals surface area contributed by atoms with Crippen molar-refractivity contribution >= 4 is 5.97 Å². The standard InChI is InChI=1S/C17H19NO3/c1-10(2)8-11-6-7-13-12(9-11)4-3-5-14-15(17(19)20)18-21-16(13)14/h6-7,9-10H,3-5,8H2,1-2H3,(H,19,20). The number of carboxylic acid groups (broad SMARTS) is 1. The first-order chi connectivity index (χ1) is 10.1. The Bertz CT molecular complexity index is 685. The first kappa shape index (κ1) is 13.9. The van der Waals surface area contributed by atoms with E-state index in [4.69, 9.17) is 4.52 Å². The molecule has 0 saturated heterocycles. The normalized spacial score (nSPS) is 13.7. The molecule has 0 unspecified atom stereocenters. The highest BCUT2D eigenvalue weighted by Gasteiger charge is 2.26. The summed E-state index contributed by atoms with van der Waals surface area (Å²) in [5, 5.41) is 12.9. The summed E-state index contributed by atoms with van der Waals surface area (Å²) in [5.41, 5.74) is 4.35. The van der Waals surface area contributed by atoms with E-state index < -0.39 is 5.97 Å². The fraction of sp³-hybridized carbons (Fsp3) is 0.412. The second-order valence-corrected chi connectivity index (χ2v) is 6.09. The van der Waals surface area contributed by atoms with Gasteiger partial charge in [0.15, 0.2) is 11.5 Å². The van der Waals surface area contributed by atoms with E-state index in [9.17, 15) is 9.90 Å². The molecule has 1 N–H and O–H groups in total. The number of aryl methyl sites for hydroxylation is 1. The van der Waals surface area contributed by atoms with Crippen molar-refractivity contribution in [3.8, 4) is 11.3 Å². The fourth-order valence-electron chi connectivity index (χ4n) is 3.05. The van der Waals surface area contributed by atoms with Crippen molar-refractivity contribution in [2.45, 2.75) is 39.5 Å². The van der Waals surface area contributed by atoms with E-state index in [2.05, 4.69) is 31.1 Å². The Labute approximate surface area is 123 Å². The second kappa shape index (κ2) is 5.35. The smallest absolute Gasteiger partial charge is 0.358 e. The Kier molecular flexibility index (Phi) is 3.53. The van der Waals surface area contributed by atoms with Crippen molar-refractivity contribution in [3.63, 3.8) is 0 Å². The zero-order valence-corrected chi connectivity index (χ0v) is 12.3. The maximum atomic E-state index is 11.2. The molecule has 0 radical (unpaired) electrons. The molecule has 1 aromatic carbocycles. The predicted octanol–water partition coefficient (Wildman–Crippen LogP) is 3.73. The molecule has 21 heavy (non-hydrogen) atoms. The average Bonchev–Trinajstić information content (AvgIpc) is 2.74. The highest BCUT2D eigenvalue weighted by Crippen LogP contribution is 2.35. The summed E-state index contributed by atoms with van der Waals surface area (Å²) in [5.74, 6) is 0.240. The molecule has 0 amide bonds. The van der Waals surface area contributed by atoms with Crippen LogP contribution in [-0.4, -0.2) is 16.2 Å². The number of aromatic carboxylic acids is 1. The van der Waals surface area contributed by atoms with Gasteiger partial charge in [0.05, 0.1) is 0 Å². The molecule has 0 saturated carbocycles. The third-order valence-corrected chi connectivity index (χ3v) is 3.92. The second-order valence-electron chi connectivity index (χ2n) is 6.09. The highest BCUT2D eigenvalue weighted by molar-refractivity contribution is 5.89. The van der Waals surface area contributed by atoms with Gasteiger partial charge < -0.3 is 9.63 Å². The van der Waals surface area contributed by atoms with Gasteiger partial charge in [0.1, 0.15) is 0 Å². The molecule has 2 aromatic rings. The zero-order valence-electron chi connectivity index (χ0n) is 12.3. The molecular formula is C17H19NO3. The largest absolute Gasteiger partial charge is 0.476 e. The summed E-state index contributed by atoms with van der Waals surface area (Å²) in [6, 6.07) is 6.39. The van der Waals surface area contributed by atoms with Gasteiger partial charge in [-0.05, 0) is 42.7 Å². The monoisotopic (exact) mass is 285 g/mol. The lowest BCUT2D eigenvalue weighted by Gasteiger charge is -2.10. The fourth-order valence-corrected chi connectivity index (χ4v) is 3.05. The molecule has 0 atom stereocenters. The Balaban J connectivity index is 2.06. The Morgan fingerprint density at radius 3 is 2.90 bits per heavy atom. The molecule has 3 rings (SSSR count). The van der Waals surface area contributed by atoms with Crippen molar-refractivity contribution in [1.82, 2.24) is 5.16 Å². The third kappa shape index (κ3) is 2.58. The quantitative estimate of drug-likeness (QED) is 0.933. The molecule has 1 aliphatic carbocycles. The van der Waals surface area contributed by atoms with Gasteiger partial charge in [-0.3, -0.25) is 0 Å². The van der Waals surface area contributed by atoms with Gasteiger partial charge >= 0.3 is 5.97 Å². The lowest BCUT2D eigenvalue weighted by atomic mass is 9.95. The number of nitrogens with zero attached hydrogens (tertiary/aromatic N) is 1. The van der Waals surface area contributed by atoms with Crippen LogP contribution in [0, 0.1) is 5.92 Å². The number of carbonyl (C=O) groups is 1. The number of benzene rings is 1. The van der Waals surface area contributed by atoms with E-state index in [0.717, 1.165) is 30.4 Å². The molecule has 0 fully saturated rings. The van der Waals surface area contributed by atoms with E-state index >= 15 is 0 Å². The summed E-state index contributed by atoms with van der Waals surface area (Å²) in [6.07, 6.45) is 3.63. The van der Waals surface area contributed by atoms with E-state index in [1.165, 1.54) is 11.1 Å². The molecule has 4 heteroatoms. The van der Waals surface area contributed by atoms with Crippen LogP contribution in [0.15, 0.2) is 22.7 Å². The topological polar surface area (TPSA) is 63.3 Å². The Morgan fingerprint density at radius 2 is 2.19 bits per heavy atom. The van der Waals surface area contributed by atoms with Crippen LogP contribution in [0.5, 0.6) is 0 Å². The number of fused-ring (bicyclic) bond motifs is 3. The van der Waals surface area contributed by atoms with Crippen LogP contribution in [-0.2, 0) is 19.3 Å². The van der Waals surface area contributed by atoms with Crippen LogP contribution < -0.4 is 0 Å². The summed E-state index contributed by atoms with van der Waals surface area (Å²) < 4.78 is 5.34. The zero-order chi connectivity index (χ0) is 15.0. The van der Waals surface area contributed by atoms with Gasteiger partial charge in [0.25, 0.3) is 0 Å². The summed E-state index contributed by atoms with van der Waals surface area (Å²) in [7, 11) is 0. The van der Waals surface area contributed by atoms with Gasteiger partial charge in [-0.2, -0.15) is 0 Å². The predicted molar refractivity (Wildman–Crippen MR) is 79.5 cm³/mol. The summed E-state index contributed by atoms with van der Waals surface area (Å²) >= 11 is 0. The van der Waals surface area contributed by atoms with Crippen LogP contribution in [0.4, 0.5) is 0 Å². The van der Waals surface area contributed by atoms with E-state index in [1.807, 2.05) is 6.07 Å². The highest BCUT2D eigenvalue weighted by atomic mass is 16.5. The van der Waals surface area contributed by atoms with Crippen molar-refractivity contribution in [3.05, 3.63) is 40.6 Å². The molecule has 0 spiro atoms. The maximum absolute atomic E-state index is 11.2. The van der Waals surface area contributed by atoms with E-state index in [-0.39, 0.29) is 5.69 Å². The molecule has 0 bridgehead atoms. The van der Waals surface area contributed by atoms with Crippen LogP contribution in [0.2, 0.25) is 0 Å². The van der Waals surface area contributed by atoms with Crippen molar-refractivity contribution in [1.29, 1.82) is 0 Å². The molecule has 110 valence electrons. The summed E-state index contributed by atoms with van der Waals surface area (Å²) in [4.78, 5) is 11.2. The van der Waals surface area contributed by atoms with Gasteiger partial charge in [-0.1, -0.05) is 37.2 Å². The minimum atomic E-state index is -1.01. The first-order valence-corrected chi connectivity index (χ1v) is 7.40. The van der Waals surface area contributed by atoms with Crippen LogP contribution in [0.1, 0.15) is 47.4 Å². The van der Waals surface area contributed by atoms with Crippen molar-refractivity contribution in [2.24, 2.45) is 5.92 Å². The minimum absolute atomic E-state index is 0.0594. The maximum Gasteiger partial charge on any atom is 0.358 e. The lowest BCUT2D eigenvalue weighted by Crippen LogP contribution is -2.01. The van der Waals surface area contributed by atoms with E-state index in [0.29, 0.717) is 18.1 Å². The van der Waals surface area contributed by atoms with E-state index in [1.54, 1.807) is 0 Å². The Morgan fingerprint density at radius 1 is 1.38 bits per heavy atom. The Hall–Kier alpha value is -2.10. The SMILES string of the molecule is CC(C)Cc1ccc2c(c1)CCCc1c(C(=O)O)noc1-2. The first-order valence-electron chi connectivity index (χ1n) is 7.40. The number of hydrogen-bond donors (Lipinski definition) is 1. The average molecular weight is 285 g/mol. The van der Waals surface area contributed by atoms with Crippen LogP contribution in [0.25, 0.3) is 11.3 Å². The van der Waals surface area contributed by atoms with Gasteiger partial charge in [0.2, 0.25) is 0 Å². The van der Waals surface area contributed by atoms with Crippen molar-refractivity contribution < 1.29 is 14.4 Å². The molecule has 1 aromatic heterocycles. The van der Waals surface area contributed by atoms with Gasteiger partial charge in [0, 0.05) is 11.1 Å². The van der Waals surface area contributed by atoms with Gasteiger partial charge in [-0.15, -0.1) is 0 Å². The number of rotatable bonds is 3. The molecular weight excluding hydrogens is 266 g/mol. The van der Waals surface area contributed by atoms with Gasteiger partial charge in [-0.25, -0.2) is 4.79 Å². The lowest BCUT2D eigenvalue weighted by molar-refractivity contribution is 0.0684. The van der Waals surface area contributed by atoms with Crippen molar-refractivity contribution in [2.75, 3.05) is 0 Å². The number of carboxylic acids is 1. The summed E-state index contributed by atoms with van der Waals surface area (Å²) in [6.45, 7) is 4.42. The third-order valence-electron chi connectivity index (χ3n) is 3.92. The molecule has 1 heterocycles.